The molecule has 0 aromatic rings. The molecule has 0 spiro atoms. The summed E-state index contributed by atoms with van der Waals surface area (Å²) in [6.07, 6.45) is 9.69. The Hall–Kier alpha value is 0.0569. The molecule has 0 aromatic carbocycles. The second-order valence-corrected chi connectivity index (χ2v) is 9.60. The highest BCUT2D eigenvalue weighted by molar-refractivity contribution is 6.27. The first kappa shape index (κ1) is 28.1. The Morgan fingerprint density at radius 3 is 2.00 bits per heavy atom. The van der Waals surface area contributed by atoms with E-state index in [0.717, 1.165) is 19.4 Å². The van der Waals surface area contributed by atoms with Crippen LogP contribution in [-0.2, 0) is 4.43 Å². The molecule has 5 heteroatoms. The van der Waals surface area contributed by atoms with Gasteiger partial charge in [0.1, 0.15) is 0 Å². The number of hydrogen-bond donors (Lipinski definition) is 1. The van der Waals surface area contributed by atoms with Crippen LogP contribution >= 0.6 is 0 Å². The lowest BCUT2D eigenvalue weighted by Crippen LogP contribution is -2.38. The average molecular weight is 416 g/mol. The summed E-state index contributed by atoms with van der Waals surface area (Å²) >= 11 is 0. The molecule has 0 fully saturated rings. The van der Waals surface area contributed by atoms with Gasteiger partial charge in [-0.15, -0.1) is 0 Å². The van der Waals surface area contributed by atoms with Gasteiger partial charge in [-0.2, -0.15) is 0 Å². The van der Waals surface area contributed by atoms with Crippen LogP contribution in [0.5, 0.6) is 0 Å². The molecule has 0 unspecified atom stereocenters. The molecule has 0 bridgehead atoms. The van der Waals surface area contributed by atoms with Crippen LogP contribution in [0, 0.1) is 0 Å². The third kappa shape index (κ3) is 13.3. The SMILES string of the molecule is CCCN(CC)CCCN(CCCNC(CC)CC)C[SiH2]OC(C)(CC)CC. The highest BCUT2D eigenvalue weighted by Gasteiger charge is 2.20. The number of rotatable bonds is 20. The summed E-state index contributed by atoms with van der Waals surface area (Å²) in [5, 5.41) is 3.72. The molecular formula is C23H53N3OSi. The number of nitrogens with zero attached hydrogens (tertiary/aromatic N) is 2. The topological polar surface area (TPSA) is 27.7 Å². The van der Waals surface area contributed by atoms with E-state index >= 15 is 0 Å². The molecule has 0 saturated carbocycles. The minimum Gasteiger partial charge on any atom is -0.418 e. The monoisotopic (exact) mass is 415 g/mol. The van der Waals surface area contributed by atoms with Crippen molar-refractivity contribution in [3.8, 4) is 0 Å². The van der Waals surface area contributed by atoms with E-state index in [2.05, 4.69) is 63.6 Å². The van der Waals surface area contributed by atoms with Gasteiger partial charge < -0.3 is 19.5 Å². The lowest BCUT2D eigenvalue weighted by molar-refractivity contribution is 0.0813. The first-order chi connectivity index (χ1) is 13.5. The molecular weight excluding hydrogens is 362 g/mol. The van der Waals surface area contributed by atoms with E-state index in [1.165, 1.54) is 71.0 Å². The van der Waals surface area contributed by atoms with E-state index < -0.39 is 9.76 Å². The largest absolute Gasteiger partial charge is 0.418 e. The van der Waals surface area contributed by atoms with Crippen molar-refractivity contribution in [1.29, 1.82) is 0 Å². The maximum atomic E-state index is 6.40. The van der Waals surface area contributed by atoms with Gasteiger partial charge in [0.05, 0.1) is 5.60 Å². The highest BCUT2D eigenvalue weighted by Crippen LogP contribution is 2.18. The van der Waals surface area contributed by atoms with Crippen molar-refractivity contribution >= 4 is 9.76 Å². The van der Waals surface area contributed by atoms with Crippen LogP contribution < -0.4 is 5.32 Å². The fraction of sp³-hybridized carbons (Fsp3) is 1.00. The zero-order valence-electron chi connectivity index (χ0n) is 20.5. The van der Waals surface area contributed by atoms with Crippen LogP contribution in [0.3, 0.4) is 0 Å². The average Bonchev–Trinajstić information content (AvgIpc) is 2.72. The van der Waals surface area contributed by atoms with Crippen LogP contribution in [0.4, 0.5) is 0 Å². The van der Waals surface area contributed by atoms with Gasteiger partial charge in [-0.05, 0) is 91.1 Å². The summed E-state index contributed by atoms with van der Waals surface area (Å²) in [5.41, 5.74) is 0.106. The minimum absolute atomic E-state index is 0.106. The molecule has 4 nitrogen and oxygen atoms in total. The van der Waals surface area contributed by atoms with Gasteiger partial charge in [-0.3, -0.25) is 0 Å². The summed E-state index contributed by atoms with van der Waals surface area (Å²) in [4.78, 5) is 5.28. The Morgan fingerprint density at radius 1 is 0.857 bits per heavy atom. The molecule has 0 aromatic heterocycles. The van der Waals surface area contributed by atoms with Gasteiger partial charge in [0, 0.05) is 12.2 Å². The summed E-state index contributed by atoms with van der Waals surface area (Å²) in [7, 11) is -0.491. The maximum absolute atomic E-state index is 6.40. The van der Waals surface area contributed by atoms with Crippen molar-refractivity contribution in [3.05, 3.63) is 0 Å². The Labute approximate surface area is 180 Å². The van der Waals surface area contributed by atoms with Crippen molar-refractivity contribution in [2.75, 3.05) is 45.4 Å². The summed E-state index contributed by atoms with van der Waals surface area (Å²) < 4.78 is 6.40. The summed E-state index contributed by atoms with van der Waals surface area (Å²) in [6.45, 7) is 23.1. The fourth-order valence-electron chi connectivity index (χ4n) is 3.66. The van der Waals surface area contributed by atoms with E-state index in [9.17, 15) is 0 Å². The van der Waals surface area contributed by atoms with E-state index in [1.807, 2.05) is 0 Å². The van der Waals surface area contributed by atoms with Crippen LogP contribution in [0.2, 0.25) is 0 Å². The van der Waals surface area contributed by atoms with Crippen LogP contribution in [0.15, 0.2) is 0 Å². The van der Waals surface area contributed by atoms with E-state index in [4.69, 9.17) is 4.43 Å². The van der Waals surface area contributed by atoms with Crippen molar-refractivity contribution in [1.82, 2.24) is 15.1 Å². The fourth-order valence-corrected chi connectivity index (χ4v) is 5.36. The quantitative estimate of drug-likeness (QED) is 0.238. The second-order valence-electron chi connectivity index (χ2n) is 8.46. The van der Waals surface area contributed by atoms with Gasteiger partial charge >= 0.3 is 0 Å². The van der Waals surface area contributed by atoms with Crippen LogP contribution in [0.25, 0.3) is 0 Å². The number of hydrogen-bond acceptors (Lipinski definition) is 4. The second kappa shape index (κ2) is 17.9. The van der Waals surface area contributed by atoms with Crippen molar-refractivity contribution < 1.29 is 4.43 Å². The predicted octanol–water partition coefficient (Wildman–Crippen LogP) is 4.22. The van der Waals surface area contributed by atoms with Gasteiger partial charge in [0.15, 0.2) is 9.76 Å². The smallest absolute Gasteiger partial charge is 0.176 e. The molecule has 28 heavy (non-hydrogen) atoms. The van der Waals surface area contributed by atoms with Gasteiger partial charge in [0.2, 0.25) is 0 Å². The van der Waals surface area contributed by atoms with Gasteiger partial charge in [-0.25, -0.2) is 0 Å². The molecule has 170 valence electrons. The molecule has 0 atom stereocenters. The molecule has 0 rings (SSSR count). The van der Waals surface area contributed by atoms with E-state index in [-0.39, 0.29) is 5.60 Å². The summed E-state index contributed by atoms with van der Waals surface area (Å²) in [5.74, 6) is 0. The standard InChI is InChI=1S/C23H53N3OSi/c1-8-17-25(13-6)19-15-20-26(18-14-16-24-22(9-2)10-3)21-28-27-23(7,11-4)12-5/h22,24H,8-21,28H2,1-7H3. The molecule has 0 amide bonds. The third-order valence-corrected chi connectivity index (χ3v) is 8.08. The Kier molecular flexibility index (Phi) is 17.9. The molecule has 0 aliphatic carbocycles. The third-order valence-electron chi connectivity index (χ3n) is 6.36. The Balaban J connectivity index is 4.39. The molecule has 0 heterocycles. The van der Waals surface area contributed by atoms with E-state index in [0.29, 0.717) is 6.04 Å². The molecule has 0 aliphatic rings. The van der Waals surface area contributed by atoms with Gasteiger partial charge in [0.25, 0.3) is 0 Å². The minimum atomic E-state index is -0.491. The maximum Gasteiger partial charge on any atom is 0.176 e. The first-order valence-electron chi connectivity index (χ1n) is 12.3. The normalized spacial score (nSPS) is 13.1. The van der Waals surface area contributed by atoms with E-state index in [1.54, 1.807) is 0 Å². The van der Waals surface area contributed by atoms with Crippen LogP contribution in [-0.4, -0.2) is 76.6 Å². The van der Waals surface area contributed by atoms with Crippen molar-refractivity contribution in [3.63, 3.8) is 0 Å². The lowest BCUT2D eigenvalue weighted by atomic mass is 10.0. The predicted molar refractivity (Wildman–Crippen MR) is 129 cm³/mol. The number of nitrogens with one attached hydrogen (secondary N) is 1. The van der Waals surface area contributed by atoms with Crippen LogP contribution in [0.1, 0.15) is 93.4 Å². The lowest BCUT2D eigenvalue weighted by Gasteiger charge is -2.30. The van der Waals surface area contributed by atoms with Crippen molar-refractivity contribution in [2.24, 2.45) is 0 Å². The zero-order chi connectivity index (χ0) is 21.3. The summed E-state index contributed by atoms with van der Waals surface area (Å²) in [6, 6.07) is 0.688. The Bertz CT molecular complexity index is 336. The molecule has 0 saturated heterocycles. The zero-order valence-corrected chi connectivity index (χ0v) is 21.9. The first-order valence-corrected chi connectivity index (χ1v) is 13.9. The van der Waals surface area contributed by atoms with Crippen molar-refractivity contribution in [2.45, 2.75) is 105 Å². The molecule has 0 radical (unpaired) electrons. The van der Waals surface area contributed by atoms with Gasteiger partial charge in [-0.1, -0.05) is 41.5 Å². The highest BCUT2D eigenvalue weighted by atomic mass is 28.2. The Morgan fingerprint density at radius 2 is 1.46 bits per heavy atom. The molecule has 1 N–H and O–H groups in total. The molecule has 0 aliphatic heterocycles.